The molecule has 0 bridgehead atoms. The maximum absolute atomic E-state index is 4.49. The topological polar surface area (TPSA) is 28.2 Å². The van der Waals surface area contributed by atoms with Crippen LogP contribution < -0.4 is 10.2 Å². The molecule has 16 heavy (non-hydrogen) atoms. The Labute approximate surface area is 103 Å². The maximum Gasteiger partial charge on any atom is 0.185 e. The molecule has 4 heteroatoms. The Kier molecular flexibility index (Phi) is 5.22. The van der Waals surface area contributed by atoms with Crippen molar-refractivity contribution in [2.75, 3.05) is 11.4 Å². The van der Waals surface area contributed by atoms with Crippen LogP contribution in [-0.4, -0.2) is 23.6 Å². The molecule has 0 amide bonds. The Morgan fingerprint density at radius 3 is 2.56 bits per heavy atom. The van der Waals surface area contributed by atoms with Gasteiger partial charge in [-0.2, -0.15) is 0 Å². The third kappa shape index (κ3) is 3.76. The highest BCUT2D eigenvalue weighted by atomic mass is 32.1. The summed E-state index contributed by atoms with van der Waals surface area (Å²) in [6, 6.07) is 1.04. The third-order valence-corrected chi connectivity index (χ3v) is 3.47. The van der Waals surface area contributed by atoms with Crippen LogP contribution in [0.1, 0.15) is 39.5 Å². The van der Waals surface area contributed by atoms with E-state index in [9.17, 15) is 0 Å². The van der Waals surface area contributed by atoms with Crippen molar-refractivity contribution in [3.63, 3.8) is 0 Å². The minimum atomic E-state index is 0.516. The standard InChI is InChI=1S/C12H23N3S/c1-6-15(10(4)5)12-14-8-11(16-12)7-13-9(2)3/h8-10,13H,6-7H2,1-5H3. The van der Waals surface area contributed by atoms with Gasteiger partial charge in [0.15, 0.2) is 5.13 Å². The van der Waals surface area contributed by atoms with Crippen LogP contribution >= 0.6 is 11.3 Å². The van der Waals surface area contributed by atoms with Crippen molar-refractivity contribution in [1.82, 2.24) is 10.3 Å². The van der Waals surface area contributed by atoms with Crippen LogP contribution in [0.15, 0.2) is 6.20 Å². The number of aromatic nitrogens is 1. The van der Waals surface area contributed by atoms with Crippen molar-refractivity contribution in [2.24, 2.45) is 0 Å². The van der Waals surface area contributed by atoms with E-state index >= 15 is 0 Å². The maximum atomic E-state index is 4.49. The Hall–Kier alpha value is -0.610. The minimum absolute atomic E-state index is 0.516. The van der Waals surface area contributed by atoms with Gasteiger partial charge in [-0.1, -0.05) is 13.8 Å². The van der Waals surface area contributed by atoms with Gasteiger partial charge < -0.3 is 10.2 Å². The van der Waals surface area contributed by atoms with E-state index in [4.69, 9.17) is 0 Å². The van der Waals surface area contributed by atoms with Gasteiger partial charge in [-0.25, -0.2) is 4.98 Å². The zero-order valence-electron chi connectivity index (χ0n) is 10.9. The number of nitrogens with one attached hydrogen (secondary N) is 1. The van der Waals surface area contributed by atoms with Gasteiger partial charge in [0, 0.05) is 36.2 Å². The quantitative estimate of drug-likeness (QED) is 0.830. The summed E-state index contributed by atoms with van der Waals surface area (Å²) in [6.45, 7) is 12.8. The predicted molar refractivity (Wildman–Crippen MR) is 72.2 cm³/mol. The molecule has 0 radical (unpaired) electrons. The summed E-state index contributed by atoms with van der Waals surface area (Å²) in [5, 5.41) is 4.55. The average molecular weight is 241 g/mol. The lowest BCUT2D eigenvalue weighted by molar-refractivity contribution is 0.593. The van der Waals surface area contributed by atoms with Crippen molar-refractivity contribution in [2.45, 2.75) is 53.2 Å². The molecule has 0 spiro atoms. The Morgan fingerprint density at radius 2 is 2.06 bits per heavy atom. The van der Waals surface area contributed by atoms with Crippen LogP contribution in [0, 0.1) is 0 Å². The van der Waals surface area contributed by atoms with E-state index in [1.807, 2.05) is 6.20 Å². The van der Waals surface area contributed by atoms with E-state index in [1.54, 1.807) is 11.3 Å². The fraction of sp³-hybridized carbons (Fsp3) is 0.750. The van der Waals surface area contributed by atoms with Crippen molar-refractivity contribution in [1.29, 1.82) is 0 Å². The summed E-state index contributed by atoms with van der Waals surface area (Å²) in [5.41, 5.74) is 0. The molecule has 0 aliphatic heterocycles. The summed E-state index contributed by atoms with van der Waals surface area (Å²) in [7, 11) is 0. The first-order valence-electron chi connectivity index (χ1n) is 5.99. The van der Waals surface area contributed by atoms with Crippen molar-refractivity contribution in [3.05, 3.63) is 11.1 Å². The number of hydrogen-bond donors (Lipinski definition) is 1. The minimum Gasteiger partial charge on any atom is -0.346 e. The average Bonchev–Trinajstić information content (AvgIpc) is 2.64. The van der Waals surface area contributed by atoms with E-state index in [-0.39, 0.29) is 0 Å². The second kappa shape index (κ2) is 6.21. The Balaban J connectivity index is 2.62. The fourth-order valence-corrected chi connectivity index (χ4v) is 2.60. The lowest BCUT2D eigenvalue weighted by Gasteiger charge is -2.23. The van der Waals surface area contributed by atoms with Crippen molar-refractivity contribution >= 4 is 16.5 Å². The highest BCUT2D eigenvalue weighted by Gasteiger charge is 2.12. The molecular formula is C12H23N3S. The smallest absolute Gasteiger partial charge is 0.185 e. The summed E-state index contributed by atoms with van der Waals surface area (Å²) in [5.74, 6) is 0. The van der Waals surface area contributed by atoms with Crippen LogP contribution in [0.3, 0.4) is 0 Å². The largest absolute Gasteiger partial charge is 0.346 e. The SMILES string of the molecule is CCN(c1ncc(CNC(C)C)s1)C(C)C. The molecule has 1 N–H and O–H groups in total. The first-order valence-corrected chi connectivity index (χ1v) is 6.81. The summed E-state index contributed by atoms with van der Waals surface area (Å²) in [6.07, 6.45) is 1.99. The molecule has 3 nitrogen and oxygen atoms in total. The van der Waals surface area contributed by atoms with Gasteiger partial charge in [0.1, 0.15) is 0 Å². The molecule has 0 unspecified atom stereocenters. The second-order valence-electron chi connectivity index (χ2n) is 4.52. The lowest BCUT2D eigenvalue weighted by Crippen LogP contribution is -2.30. The van der Waals surface area contributed by atoms with Crippen molar-refractivity contribution in [3.8, 4) is 0 Å². The van der Waals surface area contributed by atoms with E-state index in [2.05, 4.69) is 49.8 Å². The monoisotopic (exact) mass is 241 g/mol. The van der Waals surface area contributed by atoms with Gasteiger partial charge >= 0.3 is 0 Å². The second-order valence-corrected chi connectivity index (χ2v) is 5.62. The van der Waals surface area contributed by atoms with Gasteiger partial charge in [0.25, 0.3) is 0 Å². The summed E-state index contributed by atoms with van der Waals surface area (Å²) < 4.78 is 0. The van der Waals surface area contributed by atoms with Crippen LogP contribution in [0.4, 0.5) is 5.13 Å². The van der Waals surface area contributed by atoms with Gasteiger partial charge in [0.05, 0.1) is 0 Å². The highest BCUT2D eigenvalue weighted by molar-refractivity contribution is 7.15. The van der Waals surface area contributed by atoms with Gasteiger partial charge in [0.2, 0.25) is 0 Å². The summed E-state index contributed by atoms with van der Waals surface area (Å²) >= 11 is 1.79. The molecule has 1 rings (SSSR count). The Morgan fingerprint density at radius 1 is 1.38 bits per heavy atom. The molecule has 1 aromatic heterocycles. The molecule has 0 aliphatic rings. The highest BCUT2D eigenvalue weighted by Crippen LogP contribution is 2.23. The van der Waals surface area contributed by atoms with Gasteiger partial charge in [-0.3, -0.25) is 0 Å². The number of thiazole rings is 1. The van der Waals surface area contributed by atoms with Crippen LogP contribution in [0.25, 0.3) is 0 Å². The molecule has 0 saturated heterocycles. The first kappa shape index (κ1) is 13.5. The fourth-order valence-electron chi connectivity index (χ4n) is 1.54. The van der Waals surface area contributed by atoms with Gasteiger partial charge in [-0.15, -0.1) is 11.3 Å². The summed E-state index contributed by atoms with van der Waals surface area (Å²) in [4.78, 5) is 8.12. The normalized spacial score (nSPS) is 11.4. The van der Waals surface area contributed by atoms with E-state index < -0.39 is 0 Å². The van der Waals surface area contributed by atoms with E-state index in [1.165, 1.54) is 4.88 Å². The van der Waals surface area contributed by atoms with Crippen molar-refractivity contribution < 1.29 is 0 Å². The molecule has 1 heterocycles. The molecule has 92 valence electrons. The first-order chi connectivity index (χ1) is 7.54. The molecule has 0 aliphatic carbocycles. The lowest BCUT2D eigenvalue weighted by atomic mass is 10.3. The predicted octanol–water partition coefficient (Wildman–Crippen LogP) is 2.88. The zero-order valence-corrected chi connectivity index (χ0v) is 11.8. The number of hydrogen-bond acceptors (Lipinski definition) is 4. The van der Waals surface area contributed by atoms with Crippen LogP contribution in [0.5, 0.6) is 0 Å². The molecular weight excluding hydrogens is 218 g/mol. The van der Waals surface area contributed by atoms with Crippen LogP contribution in [0.2, 0.25) is 0 Å². The van der Waals surface area contributed by atoms with E-state index in [0.717, 1.165) is 18.2 Å². The van der Waals surface area contributed by atoms with Crippen LogP contribution in [-0.2, 0) is 6.54 Å². The molecule has 0 saturated carbocycles. The molecule has 1 aromatic rings. The number of rotatable bonds is 6. The zero-order chi connectivity index (χ0) is 12.1. The number of anilines is 1. The van der Waals surface area contributed by atoms with Gasteiger partial charge in [-0.05, 0) is 20.8 Å². The molecule has 0 aromatic carbocycles. The Bertz CT molecular complexity index is 307. The third-order valence-electron chi connectivity index (χ3n) is 2.44. The molecule has 0 atom stereocenters. The number of nitrogens with zero attached hydrogens (tertiary/aromatic N) is 2. The van der Waals surface area contributed by atoms with E-state index in [0.29, 0.717) is 12.1 Å². The molecule has 0 fully saturated rings.